The Morgan fingerprint density at radius 1 is 1.29 bits per heavy atom. The van der Waals surface area contributed by atoms with E-state index in [4.69, 9.17) is 0 Å². The van der Waals surface area contributed by atoms with E-state index in [1.54, 1.807) is 12.3 Å². The van der Waals surface area contributed by atoms with Gasteiger partial charge < -0.3 is 10.6 Å². The molecule has 1 aromatic heterocycles. The van der Waals surface area contributed by atoms with Crippen molar-refractivity contribution in [1.29, 1.82) is 0 Å². The molecule has 7 heteroatoms. The Hall–Kier alpha value is -2.70. The fourth-order valence-electron chi connectivity index (χ4n) is 1.71. The summed E-state index contributed by atoms with van der Waals surface area (Å²) in [5.41, 5.74) is 1.64. The monoisotopic (exact) mass is 290 g/mol. The molecule has 0 atom stereocenters. The highest BCUT2D eigenvalue weighted by atomic mass is 19.1. The van der Waals surface area contributed by atoms with Crippen LogP contribution in [0.15, 0.2) is 30.5 Å². The van der Waals surface area contributed by atoms with Crippen molar-refractivity contribution in [3.05, 3.63) is 53.1 Å². The van der Waals surface area contributed by atoms with Gasteiger partial charge in [0.05, 0.1) is 18.3 Å². The zero-order valence-electron chi connectivity index (χ0n) is 11.4. The summed E-state index contributed by atoms with van der Waals surface area (Å²) in [4.78, 5) is 23.3. The van der Waals surface area contributed by atoms with Gasteiger partial charge in [-0.2, -0.15) is 5.10 Å². The van der Waals surface area contributed by atoms with Gasteiger partial charge in [-0.1, -0.05) is 12.1 Å². The number of aromatic amines is 1. The van der Waals surface area contributed by atoms with Crippen LogP contribution < -0.4 is 10.6 Å². The normalized spacial score (nSPS) is 10.2. The van der Waals surface area contributed by atoms with Crippen LogP contribution in [0.3, 0.4) is 0 Å². The van der Waals surface area contributed by atoms with E-state index >= 15 is 0 Å². The third kappa shape index (κ3) is 3.88. The maximum Gasteiger partial charge on any atom is 0.254 e. The summed E-state index contributed by atoms with van der Waals surface area (Å²) in [5.74, 6) is -1.60. The molecule has 6 nitrogen and oxygen atoms in total. The lowest BCUT2D eigenvalue weighted by Crippen LogP contribution is -2.36. The number of rotatable bonds is 5. The first-order valence-corrected chi connectivity index (χ1v) is 6.36. The Labute approximate surface area is 120 Å². The van der Waals surface area contributed by atoms with Gasteiger partial charge in [0.1, 0.15) is 5.82 Å². The molecule has 110 valence electrons. The van der Waals surface area contributed by atoms with Crippen molar-refractivity contribution in [3.63, 3.8) is 0 Å². The van der Waals surface area contributed by atoms with E-state index in [1.807, 2.05) is 6.92 Å². The molecule has 0 fully saturated rings. The minimum absolute atomic E-state index is 0.0871. The van der Waals surface area contributed by atoms with Crippen LogP contribution in [-0.4, -0.2) is 28.6 Å². The summed E-state index contributed by atoms with van der Waals surface area (Å²) in [7, 11) is 0. The highest BCUT2D eigenvalue weighted by molar-refractivity contribution is 5.96. The Morgan fingerprint density at radius 3 is 2.71 bits per heavy atom. The summed E-state index contributed by atoms with van der Waals surface area (Å²) >= 11 is 0. The summed E-state index contributed by atoms with van der Waals surface area (Å²) in [5, 5.41) is 11.6. The number of hydrogen-bond donors (Lipinski definition) is 3. The van der Waals surface area contributed by atoms with Gasteiger partial charge in [-0.05, 0) is 19.1 Å². The van der Waals surface area contributed by atoms with Gasteiger partial charge in [-0.3, -0.25) is 14.7 Å². The molecule has 0 saturated heterocycles. The van der Waals surface area contributed by atoms with E-state index < -0.39 is 11.7 Å². The van der Waals surface area contributed by atoms with Gasteiger partial charge >= 0.3 is 0 Å². The molecule has 0 bridgehead atoms. The SMILES string of the molecule is Cc1[nH]ncc1CNC(=O)CNC(=O)c1ccccc1F. The van der Waals surface area contributed by atoms with Crippen molar-refractivity contribution in [2.75, 3.05) is 6.54 Å². The van der Waals surface area contributed by atoms with E-state index in [1.165, 1.54) is 18.2 Å². The molecule has 3 N–H and O–H groups in total. The number of aromatic nitrogens is 2. The lowest BCUT2D eigenvalue weighted by molar-refractivity contribution is -0.120. The summed E-state index contributed by atoms with van der Waals surface area (Å²) in [6.45, 7) is 1.94. The van der Waals surface area contributed by atoms with Crippen LogP contribution in [0.2, 0.25) is 0 Å². The second-order valence-corrected chi connectivity index (χ2v) is 4.46. The first-order valence-electron chi connectivity index (χ1n) is 6.36. The number of aryl methyl sites for hydroxylation is 1. The average molecular weight is 290 g/mol. The predicted molar refractivity (Wildman–Crippen MR) is 73.9 cm³/mol. The fourth-order valence-corrected chi connectivity index (χ4v) is 1.71. The van der Waals surface area contributed by atoms with E-state index in [2.05, 4.69) is 20.8 Å². The Bertz CT molecular complexity index is 654. The number of amides is 2. The highest BCUT2D eigenvalue weighted by Gasteiger charge is 2.12. The molecule has 0 unspecified atom stereocenters. The molecular weight excluding hydrogens is 275 g/mol. The number of nitrogens with zero attached hydrogens (tertiary/aromatic N) is 1. The van der Waals surface area contributed by atoms with Gasteiger partial charge in [0, 0.05) is 17.8 Å². The molecule has 2 amide bonds. The molecule has 1 heterocycles. The fraction of sp³-hybridized carbons (Fsp3) is 0.214. The lowest BCUT2D eigenvalue weighted by Gasteiger charge is -2.07. The molecule has 0 aliphatic rings. The number of hydrogen-bond acceptors (Lipinski definition) is 3. The minimum atomic E-state index is -0.622. The van der Waals surface area contributed by atoms with E-state index in [9.17, 15) is 14.0 Å². The molecule has 0 saturated carbocycles. The van der Waals surface area contributed by atoms with Gasteiger partial charge in [0.25, 0.3) is 5.91 Å². The Balaban J connectivity index is 1.80. The first kappa shape index (κ1) is 14.7. The number of carbonyl (C=O) groups is 2. The zero-order chi connectivity index (χ0) is 15.2. The minimum Gasteiger partial charge on any atom is -0.350 e. The molecular formula is C14H15FN4O2. The summed E-state index contributed by atoms with van der Waals surface area (Å²) in [6.07, 6.45) is 1.62. The molecule has 21 heavy (non-hydrogen) atoms. The van der Waals surface area contributed by atoms with Crippen molar-refractivity contribution in [2.45, 2.75) is 13.5 Å². The van der Waals surface area contributed by atoms with Crippen LogP contribution in [0.4, 0.5) is 4.39 Å². The van der Waals surface area contributed by atoms with Crippen molar-refractivity contribution >= 4 is 11.8 Å². The lowest BCUT2D eigenvalue weighted by atomic mass is 10.2. The maximum atomic E-state index is 13.4. The molecule has 0 aliphatic heterocycles. The third-order valence-corrected chi connectivity index (χ3v) is 2.94. The molecule has 0 radical (unpaired) electrons. The molecule has 1 aromatic carbocycles. The van der Waals surface area contributed by atoms with Crippen LogP contribution in [0.5, 0.6) is 0 Å². The molecule has 2 aromatic rings. The number of nitrogens with one attached hydrogen (secondary N) is 3. The van der Waals surface area contributed by atoms with E-state index in [0.717, 1.165) is 11.3 Å². The van der Waals surface area contributed by atoms with Crippen molar-refractivity contribution in [2.24, 2.45) is 0 Å². The smallest absolute Gasteiger partial charge is 0.254 e. The average Bonchev–Trinajstić information content (AvgIpc) is 2.88. The number of benzene rings is 1. The predicted octanol–water partition coefficient (Wildman–Crippen LogP) is 0.903. The van der Waals surface area contributed by atoms with Gasteiger partial charge in [0.2, 0.25) is 5.91 Å². The number of H-pyrrole nitrogens is 1. The summed E-state index contributed by atoms with van der Waals surface area (Å²) in [6, 6.07) is 5.60. The summed E-state index contributed by atoms with van der Waals surface area (Å²) < 4.78 is 13.4. The largest absolute Gasteiger partial charge is 0.350 e. The van der Waals surface area contributed by atoms with E-state index in [-0.39, 0.29) is 18.0 Å². The second-order valence-electron chi connectivity index (χ2n) is 4.46. The quantitative estimate of drug-likeness (QED) is 0.764. The van der Waals surface area contributed by atoms with Crippen molar-refractivity contribution < 1.29 is 14.0 Å². The van der Waals surface area contributed by atoms with Crippen LogP contribution >= 0.6 is 0 Å². The van der Waals surface area contributed by atoms with Gasteiger partial charge in [0.15, 0.2) is 0 Å². The van der Waals surface area contributed by atoms with Crippen LogP contribution in [0, 0.1) is 12.7 Å². The third-order valence-electron chi connectivity index (χ3n) is 2.94. The Morgan fingerprint density at radius 2 is 2.05 bits per heavy atom. The molecule has 0 spiro atoms. The van der Waals surface area contributed by atoms with Gasteiger partial charge in [-0.15, -0.1) is 0 Å². The number of carbonyl (C=O) groups excluding carboxylic acids is 2. The van der Waals surface area contributed by atoms with E-state index in [0.29, 0.717) is 6.54 Å². The first-order chi connectivity index (χ1) is 10.1. The Kier molecular flexibility index (Phi) is 4.65. The zero-order valence-corrected chi connectivity index (χ0v) is 11.4. The molecule has 2 rings (SSSR count). The van der Waals surface area contributed by atoms with Crippen molar-refractivity contribution in [3.8, 4) is 0 Å². The maximum absolute atomic E-state index is 13.4. The second kappa shape index (κ2) is 6.65. The van der Waals surface area contributed by atoms with Crippen LogP contribution in [-0.2, 0) is 11.3 Å². The van der Waals surface area contributed by atoms with Gasteiger partial charge in [-0.25, -0.2) is 4.39 Å². The number of halogens is 1. The van der Waals surface area contributed by atoms with Crippen LogP contribution in [0.1, 0.15) is 21.6 Å². The topological polar surface area (TPSA) is 86.9 Å². The van der Waals surface area contributed by atoms with Crippen molar-refractivity contribution in [1.82, 2.24) is 20.8 Å². The standard InChI is InChI=1S/C14H15FN4O2/c1-9-10(7-18-19-9)6-16-13(20)8-17-14(21)11-4-2-3-5-12(11)15/h2-5,7H,6,8H2,1H3,(H,16,20)(H,17,21)(H,18,19). The van der Waals surface area contributed by atoms with Crippen LogP contribution in [0.25, 0.3) is 0 Å². The highest BCUT2D eigenvalue weighted by Crippen LogP contribution is 2.05. The molecule has 0 aliphatic carbocycles.